The first-order chi connectivity index (χ1) is 8.17. The summed E-state index contributed by atoms with van der Waals surface area (Å²) < 4.78 is 17.2. The molecule has 4 heteroatoms. The van der Waals surface area contributed by atoms with E-state index in [0.717, 1.165) is 24.2 Å². The first kappa shape index (κ1) is 12.6. The van der Waals surface area contributed by atoms with Gasteiger partial charge in [0, 0.05) is 22.6 Å². The topological polar surface area (TPSA) is 52.3 Å². The molecule has 3 atom stereocenters. The molecule has 3 unspecified atom stereocenters. The van der Waals surface area contributed by atoms with Gasteiger partial charge in [-0.05, 0) is 36.1 Å². The molecule has 0 bridgehead atoms. The molecule has 0 radical (unpaired) electrons. The van der Waals surface area contributed by atoms with Crippen molar-refractivity contribution in [3.63, 3.8) is 0 Å². The van der Waals surface area contributed by atoms with Crippen molar-refractivity contribution in [3.8, 4) is 5.75 Å². The van der Waals surface area contributed by atoms with Crippen molar-refractivity contribution < 1.29 is 8.95 Å². The molecule has 1 aromatic rings. The van der Waals surface area contributed by atoms with Gasteiger partial charge in [0.1, 0.15) is 5.75 Å². The van der Waals surface area contributed by atoms with Crippen molar-refractivity contribution in [2.24, 2.45) is 5.73 Å². The number of benzene rings is 1. The summed E-state index contributed by atoms with van der Waals surface area (Å²) in [5.74, 6) is 1.50. The van der Waals surface area contributed by atoms with E-state index in [4.69, 9.17) is 10.5 Å². The summed E-state index contributed by atoms with van der Waals surface area (Å²) in [6.45, 7) is 1.95. The van der Waals surface area contributed by atoms with E-state index in [9.17, 15) is 4.21 Å². The van der Waals surface area contributed by atoms with E-state index in [-0.39, 0.29) is 11.3 Å². The van der Waals surface area contributed by atoms with Gasteiger partial charge in [0.25, 0.3) is 0 Å². The largest absolute Gasteiger partial charge is 0.497 e. The lowest BCUT2D eigenvalue weighted by molar-refractivity contribution is 0.412. The van der Waals surface area contributed by atoms with Crippen LogP contribution in [0.25, 0.3) is 0 Å². The Morgan fingerprint density at radius 3 is 2.94 bits per heavy atom. The van der Waals surface area contributed by atoms with E-state index >= 15 is 0 Å². The predicted octanol–water partition coefficient (Wildman–Crippen LogP) is 1.78. The second-order valence-electron chi connectivity index (χ2n) is 4.34. The zero-order valence-electron chi connectivity index (χ0n) is 10.3. The van der Waals surface area contributed by atoms with Crippen molar-refractivity contribution in [1.82, 2.24) is 0 Å². The summed E-state index contributed by atoms with van der Waals surface area (Å²) in [6, 6.07) is 5.88. The maximum atomic E-state index is 11.9. The fourth-order valence-corrected chi connectivity index (χ4v) is 3.71. The van der Waals surface area contributed by atoms with Gasteiger partial charge < -0.3 is 10.5 Å². The second-order valence-corrected chi connectivity index (χ2v) is 6.28. The Bertz CT molecular complexity index is 433. The third-order valence-electron chi connectivity index (χ3n) is 3.43. The van der Waals surface area contributed by atoms with Gasteiger partial charge >= 0.3 is 0 Å². The molecule has 0 spiro atoms. The van der Waals surface area contributed by atoms with E-state index in [1.807, 2.05) is 19.1 Å². The summed E-state index contributed by atoms with van der Waals surface area (Å²) in [4.78, 5) is 0. The normalized spacial score (nSPS) is 25.1. The number of rotatable bonds is 3. The van der Waals surface area contributed by atoms with Gasteiger partial charge in [-0.1, -0.05) is 13.0 Å². The standard InChI is InChI=1S/C13H19NO2S/c1-3-17(15)12-7-5-9-4-6-10(16-2)8-11(9)13(12)14/h4,6,8,12-13H,3,5,7,14H2,1-2H3. The van der Waals surface area contributed by atoms with Crippen LogP contribution in [0.2, 0.25) is 0 Å². The molecule has 17 heavy (non-hydrogen) atoms. The molecule has 0 fully saturated rings. The minimum atomic E-state index is -0.825. The van der Waals surface area contributed by atoms with Gasteiger partial charge in [-0.15, -0.1) is 0 Å². The van der Waals surface area contributed by atoms with Gasteiger partial charge in [0.05, 0.1) is 12.4 Å². The van der Waals surface area contributed by atoms with Crippen molar-refractivity contribution in [2.45, 2.75) is 31.1 Å². The molecular weight excluding hydrogens is 234 g/mol. The molecule has 0 saturated carbocycles. The SMILES string of the molecule is CCS(=O)C1CCc2ccc(OC)cc2C1N. The van der Waals surface area contributed by atoms with Crippen LogP contribution in [-0.4, -0.2) is 22.3 Å². The fourth-order valence-electron chi connectivity index (χ4n) is 2.42. The molecule has 0 amide bonds. The third-order valence-corrected chi connectivity index (χ3v) is 5.21. The van der Waals surface area contributed by atoms with Crippen LogP contribution < -0.4 is 10.5 Å². The highest BCUT2D eigenvalue weighted by Gasteiger charge is 2.30. The summed E-state index contributed by atoms with van der Waals surface area (Å²) in [5, 5.41) is 0.0830. The number of hydrogen-bond acceptors (Lipinski definition) is 3. The molecule has 0 heterocycles. The third kappa shape index (κ3) is 2.38. The lowest BCUT2D eigenvalue weighted by Crippen LogP contribution is -2.35. The molecule has 1 aliphatic rings. The Morgan fingerprint density at radius 1 is 1.53 bits per heavy atom. The maximum absolute atomic E-state index is 11.9. The second kappa shape index (κ2) is 5.19. The number of ether oxygens (including phenoxy) is 1. The summed E-state index contributed by atoms with van der Waals surface area (Å²) >= 11 is 0. The summed E-state index contributed by atoms with van der Waals surface area (Å²) in [7, 11) is 0.825. The molecule has 0 saturated heterocycles. The predicted molar refractivity (Wildman–Crippen MR) is 70.7 cm³/mol. The Hall–Kier alpha value is -0.870. The smallest absolute Gasteiger partial charge is 0.119 e. The molecule has 1 aromatic carbocycles. The number of nitrogens with two attached hydrogens (primary N) is 1. The highest BCUT2D eigenvalue weighted by molar-refractivity contribution is 7.85. The lowest BCUT2D eigenvalue weighted by atomic mass is 9.87. The monoisotopic (exact) mass is 253 g/mol. The Morgan fingerprint density at radius 2 is 2.29 bits per heavy atom. The fraction of sp³-hybridized carbons (Fsp3) is 0.538. The van der Waals surface area contributed by atoms with E-state index in [1.165, 1.54) is 5.56 Å². The number of hydrogen-bond donors (Lipinski definition) is 1. The zero-order valence-corrected chi connectivity index (χ0v) is 11.1. The van der Waals surface area contributed by atoms with Crippen molar-refractivity contribution in [3.05, 3.63) is 29.3 Å². The van der Waals surface area contributed by atoms with Gasteiger partial charge in [-0.3, -0.25) is 4.21 Å². The van der Waals surface area contributed by atoms with Crippen LogP contribution in [0.1, 0.15) is 30.5 Å². The minimum Gasteiger partial charge on any atom is -0.497 e. The molecular formula is C13H19NO2S. The van der Waals surface area contributed by atoms with E-state index in [2.05, 4.69) is 6.07 Å². The van der Waals surface area contributed by atoms with Crippen LogP contribution >= 0.6 is 0 Å². The highest BCUT2D eigenvalue weighted by atomic mass is 32.2. The van der Waals surface area contributed by atoms with Crippen LogP contribution in [0.3, 0.4) is 0 Å². The summed E-state index contributed by atoms with van der Waals surface area (Å²) in [5.41, 5.74) is 8.61. The van der Waals surface area contributed by atoms with Crippen LogP contribution in [-0.2, 0) is 17.2 Å². The average Bonchev–Trinajstić information content (AvgIpc) is 2.38. The van der Waals surface area contributed by atoms with Crippen LogP contribution in [0.15, 0.2) is 18.2 Å². The molecule has 0 aliphatic heterocycles. The number of aryl methyl sites for hydroxylation is 1. The zero-order chi connectivity index (χ0) is 12.4. The van der Waals surface area contributed by atoms with E-state index in [1.54, 1.807) is 7.11 Å². The minimum absolute atomic E-state index is 0.0830. The Kier molecular flexibility index (Phi) is 3.84. The molecule has 94 valence electrons. The summed E-state index contributed by atoms with van der Waals surface area (Å²) in [6.07, 6.45) is 1.88. The van der Waals surface area contributed by atoms with Crippen molar-refractivity contribution >= 4 is 10.8 Å². The van der Waals surface area contributed by atoms with E-state index in [0.29, 0.717) is 5.75 Å². The quantitative estimate of drug-likeness (QED) is 0.893. The van der Waals surface area contributed by atoms with Gasteiger partial charge in [-0.25, -0.2) is 0 Å². The molecule has 3 nitrogen and oxygen atoms in total. The van der Waals surface area contributed by atoms with Crippen molar-refractivity contribution in [2.75, 3.05) is 12.9 Å². The molecule has 2 N–H and O–H groups in total. The molecule has 0 aromatic heterocycles. The molecule has 1 aliphatic carbocycles. The van der Waals surface area contributed by atoms with Gasteiger partial charge in [0.2, 0.25) is 0 Å². The van der Waals surface area contributed by atoms with Crippen LogP contribution in [0, 0.1) is 0 Å². The average molecular weight is 253 g/mol. The Labute approximate surface area is 105 Å². The molecule has 2 rings (SSSR count). The first-order valence-electron chi connectivity index (χ1n) is 5.97. The van der Waals surface area contributed by atoms with Gasteiger partial charge in [-0.2, -0.15) is 0 Å². The number of fused-ring (bicyclic) bond motifs is 1. The van der Waals surface area contributed by atoms with Crippen LogP contribution in [0.5, 0.6) is 5.75 Å². The first-order valence-corrected chi connectivity index (χ1v) is 7.35. The lowest BCUT2D eigenvalue weighted by Gasteiger charge is -2.30. The van der Waals surface area contributed by atoms with Gasteiger partial charge in [0.15, 0.2) is 0 Å². The van der Waals surface area contributed by atoms with E-state index < -0.39 is 10.8 Å². The van der Waals surface area contributed by atoms with Crippen LogP contribution in [0.4, 0.5) is 0 Å². The maximum Gasteiger partial charge on any atom is 0.119 e. The Balaban J connectivity index is 2.33. The highest BCUT2D eigenvalue weighted by Crippen LogP contribution is 2.33. The van der Waals surface area contributed by atoms with Crippen molar-refractivity contribution in [1.29, 1.82) is 0 Å². The number of methoxy groups -OCH3 is 1.